The molecule has 0 rings (SSSR count). The number of carboxylic acids is 1. The molecule has 0 bridgehead atoms. The molecule has 0 fully saturated rings. The number of allylic oxidation sites excluding steroid dienone is 9. The van der Waals surface area contributed by atoms with Crippen molar-refractivity contribution >= 4 is 5.97 Å². The molecular formula is C22H32O4. The van der Waals surface area contributed by atoms with Crippen molar-refractivity contribution in [3.05, 3.63) is 72.9 Å². The summed E-state index contributed by atoms with van der Waals surface area (Å²) >= 11 is 0. The average molecular weight is 360 g/mol. The Hall–Kier alpha value is -2.17. The van der Waals surface area contributed by atoms with E-state index in [2.05, 4.69) is 13.0 Å². The van der Waals surface area contributed by atoms with E-state index >= 15 is 0 Å². The smallest absolute Gasteiger partial charge is 0.303 e. The van der Waals surface area contributed by atoms with Crippen LogP contribution in [0.25, 0.3) is 0 Å². The molecule has 0 aromatic carbocycles. The molecule has 0 amide bonds. The van der Waals surface area contributed by atoms with Crippen LogP contribution < -0.4 is 0 Å². The molecule has 0 aliphatic carbocycles. The van der Waals surface area contributed by atoms with Gasteiger partial charge in [0.1, 0.15) is 0 Å². The molecule has 0 aromatic rings. The normalized spacial score (nSPS) is 15.5. The van der Waals surface area contributed by atoms with Crippen LogP contribution in [0.15, 0.2) is 72.9 Å². The number of unbranched alkanes of at least 4 members (excludes halogenated alkanes) is 1. The second kappa shape index (κ2) is 17.6. The van der Waals surface area contributed by atoms with Gasteiger partial charge in [-0.2, -0.15) is 0 Å². The summed E-state index contributed by atoms with van der Waals surface area (Å²) in [6, 6.07) is 0. The van der Waals surface area contributed by atoms with Crippen LogP contribution in [0.2, 0.25) is 0 Å². The van der Waals surface area contributed by atoms with Gasteiger partial charge in [-0.1, -0.05) is 79.8 Å². The van der Waals surface area contributed by atoms with E-state index < -0.39 is 18.2 Å². The van der Waals surface area contributed by atoms with Crippen LogP contribution in [0.1, 0.15) is 45.4 Å². The summed E-state index contributed by atoms with van der Waals surface area (Å²) in [6.45, 7) is 2.07. The van der Waals surface area contributed by atoms with Gasteiger partial charge in [-0.3, -0.25) is 4.79 Å². The summed E-state index contributed by atoms with van der Waals surface area (Å²) in [6.07, 6.45) is 25.1. The van der Waals surface area contributed by atoms with E-state index in [1.807, 2.05) is 42.5 Å². The van der Waals surface area contributed by atoms with Crippen LogP contribution in [0.4, 0.5) is 0 Å². The Kier molecular flexibility index (Phi) is 16.2. The minimum absolute atomic E-state index is 0.0350. The number of carbonyl (C=O) groups is 1. The van der Waals surface area contributed by atoms with Gasteiger partial charge in [0.05, 0.1) is 12.2 Å². The largest absolute Gasteiger partial charge is 0.481 e. The predicted molar refractivity (Wildman–Crippen MR) is 108 cm³/mol. The lowest BCUT2D eigenvalue weighted by Crippen LogP contribution is -2.05. The van der Waals surface area contributed by atoms with Gasteiger partial charge in [0.15, 0.2) is 0 Å². The summed E-state index contributed by atoms with van der Waals surface area (Å²) in [5, 5.41) is 27.7. The Bertz CT molecular complexity index is 524. The second-order valence-electron chi connectivity index (χ2n) is 5.77. The van der Waals surface area contributed by atoms with Gasteiger partial charge in [-0.15, -0.1) is 0 Å². The predicted octanol–water partition coefficient (Wildman–Crippen LogP) is 4.49. The van der Waals surface area contributed by atoms with E-state index in [4.69, 9.17) is 5.11 Å². The number of hydrogen-bond donors (Lipinski definition) is 3. The van der Waals surface area contributed by atoms with E-state index in [-0.39, 0.29) is 12.8 Å². The number of aliphatic hydroxyl groups excluding tert-OH is 2. The SMILES string of the molecule is CC/C=C\C[C@H](O)/C=C/C=C\CC/C=C/C=C/C=C\[C@@H](O)CCC(=O)O. The molecule has 0 aliphatic heterocycles. The highest BCUT2D eigenvalue weighted by Gasteiger charge is 2.02. The van der Waals surface area contributed by atoms with Crippen LogP contribution >= 0.6 is 0 Å². The van der Waals surface area contributed by atoms with E-state index in [1.54, 1.807) is 24.3 Å². The maximum Gasteiger partial charge on any atom is 0.303 e. The molecule has 0 heterocycles. The number of rotatable bonds is 14. The summed E-state index contributed by atoms with van der Waals surface area (Å²) in [4.78, 5) is 10.4. The van der Waals surface area contributed by atoms with Gasteiger partial charge in [-0.05, 0) is 32.1 Å². The molecule has 0 saturated heterocycles. The first-order valence-corrected chi connectivity index (χ1v) is 9.12. The molecule has 26 heavy (non-hydrogen) atoms. The molecule has 0 spiro atoms. The number of carboxylic acid groups (broad SMARTS) is 1. The minimum atomic E-state index is -0.902. The molecular weight excluding hydrogens is 328 g/mol. The molecule has 4 nitrogen and oxygen atoms in total. The topological polar surface area (TPSA) is 77.8 Å². The lowest BCUT2D eigenvalue weighted by atomic mass is 10.2. The van der Waals surface area contributed by atoms with Crippen molar-refractivity contribution in [2.45, 2.75) is 57.7 Å². The van der Waals surface area contributed by atoms with Crippen LogP contribution in [-0.4, -0.2) is 33.5 Å². The van der Waals surface area contributed by atoms with Crippen molar-refractivity contribution in [1.29, 1.82) is 0 Å². The van der Waals surface area contributed by atoms with Crippen LogP contribution in [0, 0.1) is 0 Å². The van der Waals surface area contributed by atoms with Crippen LogP contribution in [0.3, 0.4) is 0 Å². The quantitative estimate of drug-likeness (QED) is 0.242. The monoisotopic (exact) mass is 360 g/mol. The fraction of sp³-hybridized carbons (Fsp3) is 0.409. The zero-order valence-corrected chi connectivity index (χ0v) is 15.6. The van der Waals surface area contributed by atoms with Gasteiger partial charge < -0.3 is 15.3 Å². The van der Waals surface area contributed by atoms with Crippen LogP contribution in [-0.2, 0) is 4.79 Å². The molecule has 2 atom stereocenters. The Balaban J connectivity index is 3.80. The highest BCUT2D eigenvalue weighted by molar-refractivity contribution is 5.66. The van der Waals surface area contributed by atoms with Crippen molar-refractivity contribution in [2.75, 3.05) is 0 Å². The van der Waals surface area contributed by atoms with E-state index in [0.717, 1.165) is 19.3 Å². The fourth-order valence-corrected chi connectivity index (χ4v) is 1.90. The minimum Gasteiger partial charge on any atom is -0.481 e. The number of hydrogen-bond acceptors (Lipinski definition) is 3. The molecule has 4 heteroatoms. The number of aliphatic hydroxyl groups is 2. The molecule has 0 unspecified atom stereocenters. The van der Waals surface area contributed by atoms with Gasteiger partial charge in [-0.25, -0.2) is 0 Å². The van der Waals surface area contributed by atoms with Crippen molar-refractivity contribution in [3.63, 3.8) is 0 Å². The molecule has 0 aliphatic rings. The maximum absolute atomic E-state index is 10.4. The van der Waals surface area contributed by atoms with E-state index in [0.29, 0.717) is 6.42 Å². The second-order valence-corrected chi connectivity index (χ2v) is 5.77. The first-order valence-electron chi connectivity index (χ1n) is 9.12. The van der Waals surface area contributed by atoms with Gasteiger partial charge in [0.2, 0.25) is 0 Å². The van der Waals surface area contributed by atoms with Gasteiger partial charge in [0.25, 0.3) is 0 Å². The lowest BCUT2D eigenvalue weighted by molar-refractivity contribution is -0.137. The zero-order chi connectivity index (χ0) is 19.5. The van der Waals surface area contributed by atoms with E-state index in [1.165, 1.54) is 0 Å². The van der Waals surface area contributed by atoms with Gasteiger partial charge >= 0.3 is 5.97 Å². The van der Waals surface area contributed by atoms with Crippen molar-refractivity contribution in [2.24, 2.45) is 0 Å². The Labute approximate surface area is 157 Å². The lowest BCUT2D eigenvalue weighted by Gasteiger charge is -2.00. The molecule has 0 radical (unpaired) electrons. The van der Waals surface area contributed by atoms with Crippen molar-refractivity contribution in [1.82, 2.24) is 0 Å². The van der Waals surface area contributed by atoms with Crippen molar-refractivity contribution < 1.29 is 20.1 Å². The highest BCUT2D eigenvalue weighted by atomic mass is 16.4. The van der Waals surface area contributed by atoms with Gasteiger partial charge in [0, 0.05) is 6.42 Å². The van der Waals surface area contributed by atoms with E-state index in [9.17, 15) is 15.0 Å². The average Bonchev–Trinajstić information content (AvgIpc) is 2.61. The molecule has 0 saturated carbocycles. The first kappa shape index (κ1) is 23.8. The third-order valence-electron chi connectivity index (χ3n) is 3.32. The molecule has 3 N–H and O–H groups in total. The summed E-state index contributed by atoms with van der Waals surface area (Å²) in [5.41, 5.74) is 0. The maximum atomic E-state index is 10.4. The Morgan fingerprint density at radius 3 is 2.04 bits per heavy atom. The molecule has 0 aromatic heterocycles. The summed E-state index contributed by atoms with van der Waals surface area (Å²) in [7, 11) is 0. The summed E-state index contributed by atoms with van der Waals surface area (Å²) < 4.78 is 0. The Morgan fingerprint density at radius 2 is 1.38 bits per heavy atom. The number of aliphatic carboxylic acids is 1. The standard InChI is InChI=1S/C22H32O4/c1-2-3-12-15-20(23)16-13-10-8-6-4-5-7-9-11-14-17-21(24)18-19-22(25)26/h3,5,7-14,16-17,20-21,23-24H,2,4,6,15,18-19H2,1H3,(H,25,26)/b7-5+,10-8-,11-9+,12-3-,16-13+,17-14-/t20-,21+/m0/s1. The third-order valence-corrected chi connectivity index (χ3v) is 3.32. The Morgan fingerprint density at radius 1 is 0.808 bits per heavy atom. The summed E-state index contributed by atoms with van der Waals surface area (Å²) in [5.74, 6) is -0.902. The fourth-order valence-electron chi connectivity index (χ4n) is 1.90. The van der Waals surface area contributed by atoms with Crippen LogP contribution in [0.5, 0.6) is 0 Å². The third kappa shape index (κ3) is 18.2. The van der Waals surface area contributed by atoms with Crippen molar-refractivity contribution in [3.8, 4) is 0 Å². The zero-order valence-electron chi connectivity index (χ0n) is 15.6. The molecule has 144 valence electrons. The highest BCUT2D eigenvalue weighted by Crippen LogP contribution is 2.00. The first-order chi connectivity index (χ1) is 12.6.